The van der Waals surface area contributed by atoms with Crippen LogP contribution in [0.1, 0.15) is 10.6 Å². The number of sulfonamides is 1. The Morgan fingerprint density at radius 3 is 2.42 bits per heavy atom. The second kappa shape index (κ2) is 8.54. The number of aldehydes is 1. The molecule has 0 saturated carbocycles. The highest BCUT2D eigenvalue weighted by atomic mass is 35.5. The van der Waals surface area contributed by atoms with Crippen LogP contribution in [-0.4, -0.2) is 29.7 Å². The van der Waals surface area contributed by atoms with Gasteiger partial charge in [0.15, 0.2) is 12.0 Å². The molecule has 0 aliphatic heterocycles. The molecular weight excluding hydrogens is 442 g/mol. The number of rotatable bonds is 7. The summed E-state index contributed by atoms with van der Waals surface area (Å²) in [5.74, 6) is 0.330. The minimum Gasteiger partial charge on any atom is -0.453 e. The van der Waals surface area contributed by atoms with Gasteiger partial charge in [0.05, 0.1) is 4.90 Å². The minimum absolute atomic E-state index is 0.0526. The number of para-hydroxylation sites is 1. The zero-order chi connectivity index (χ0) is 21.8. The molecule has 11 heteroatoms. The first kappa shape index (κ1) is 20.5. The monoisotopic (exact) mass is 455 g/mol. The molecule has 0 fully saturated rings. The number of furan rings is 1. The molecule has 0 aliphatic carbocycles. The zero-order valence-corrected chi connectivity index (χ0v) is 17.3. The van der Waals surface area contributed by atoms with Crippen molar-refractivity contribution in [1.82, 2.24) is 15.0 Å². The number of hydrogen-bond donors (Lipinski definition) is 2. The first-order valence-corrected chi connectivity index (χ1v) is 10.7. The van der Waals surface area contributed by atoms with Gasteiger partial charge in [-0.1, -0.05) is 30.3 Å². The van der Waals surface area contributed by atoms with Crippen molar-refractivity contribution in [2.45, 2.75) is 4.90 Å². The van der Waals surface area contributed by atoms with Gasteiger partial charge in [-0.15, -0.1) is 0 Å². The lowest BCUT2D eigenvalue weighted by Crippen LogP contribution is -2.16. The fraction of sp³-hybridized carbons (Fsp3) is 0. The van der Waals surface area contributed by atoms with Crippen LogP contribution >= 0.6 is 11.6 Å². The summed E-state index contributed by atoms with van der Waals surface area (Å²) in [6.07, 6.45) is 0.567. The number of carbonyl (C=O) groups is 1. The lowest BCUT2D eigenvalue weighted by Gasteiger charge is -2.10. The van der Waals surface area contributed by atoms with Crippen LogP contribution < -0.4 is 10.0 Å². The fourth-order valence-electron chi connectivity index (χ4n) is 2.67. The van der Waals surface area contributed by atoms with Gasteiger partial charge in [-0.25, -0.2) is 13.1 Å². The van der Waals surface area contributed by atoms with E-state index in [0.717, 1.165) is 0 Å². The Labute approximate surface area is 182 Å². The van der Waals surface area contributed by atoms with E-state index in [1.807, 2.05) is 18.2 Å². The Balaban J connectivity index is 1.60. The summed E-state index contributed by atoms with van der Waals surface area (Å²) in [6, 6.07) is 18.2. The van der Waals surface area contributed by atoms with E-state index in [1.54, 1.807) is 30.3 Å². The summed E-state index contributed by atoms with van der Waals surface area (Å²) < 4.78 is 33.4. The number of hydrogen-bond acceptors (Lipinski definition) is 8. The van der Waals surface area contributed by atoms with E-state index in [-0.39, 0.29) is 27.8 Å². The summed E-state index contributed by atoms with van der Waals surface area (Å²) in [5.41, 5.74) is 1.18. The molecule has 2 N–H and O–H groups in total. The highest BCUT2D eigenvalue weighted by molar-refractivity contribution is 7.92. The van der Waals surface area contributed by atoms with Crippen molar-refractivity contribution < 1.29 is 17.6 Å². The smallest absolute Gasteiger partial charge is 0.264 e. The molecule has 0 spiro atoms. The van der Waals surface area contributed by atoms with Crippen LogP contribution in [0.4, 0.5) is 17.6 Å². The normalized spacial score (nSPS) is 11.1. The van der Waals surface area contributed by atoms with Crippen LogP contribution in [0.15, 0.2) is 76.0 Å². The van der Waals surface area contributed by atoms with Crippen LogP contribution in [0.25, 0.3) is 11.3 Å². The third-order valence-electron chi connectivity index (χ3n) is 4.04. The molecule has 0 aliphatic rings. The van der Waals surface area contributed by atoms with E-state index in [1.165, 1.54) is 18.2 Å². The molecule has 0 unspecified atom stereocenters. The van der Waals surface area contributed by atoms with Crippen LogP contribution in [0.5, 0.6) is 0 Å². The molecule has 2 heterocycles. The van der Waals surface area contributed by atoms with Gasteiger partial charge in [0.25, 0.3) is 10.0 Å². The van der Waals surface area contributed by atoms with E-state index in [9.17, 15) is 13.2 Å². The largest absolute Gasteiger partial charge is 0.453 e. The van der Waals surface area contributed by atoms with Gasteiger partial charge in [-0.2, -0.15) is 15.0 Å². The molecule has 4 aromatic rings. The molecule has 31 heavy (non-hydrogen) atoms. The third-order valence-corrected chi connectivity index (χ3v) is 5.53. The van der Waals surface area contributed by atoms with Gasteiger partial charge in [-0.05, 0) is 48.0 Å². The quantitative estimate of drug-likeness (QED) is 0.398. The summed E-state index contributed by atoms with van der Waals surface area (Å²) in [7, 11) is -4.05. The molecule has 0 bridgehead atoms. The lowest BCUT2D eigenvalue weighted by atomic mass is 10.2. The fourth-order valence-corrected chi connectivity index (χ4v) is 3.82. The van der Waals surface area contributed by atoms with Gasteiger partial charge in [-0.3, -0.25) is 4.79 Å². The molecule has 0 radical (unpaired) electrons. The van der Waals surface area contributed by atoms with Crippen LogP contribution in [0.3, 0.4) is 0 Å². The first-order valence-electron chi connectivity index (χ1n) is 8.85. The lowest BCUT2D eigenvalue weighted by molar-refractivity contribution is 0.110. The van der Waals surface area contributed by atoms with E-state index in [0.29, 0.717) is 23.3 Å². The van der Waals surface area contributed by atoms with Crippen molar-refractivity contribution in [2.24, 2.45) is 0 Å². The molecule has 2 aromatic heterocycles. The number of anilines is 3. The topological polar surface area (TPSA) is 127 Å². The van der Waals surface area contributed by atoms with Crippen molar-refractivity contribution in [3.8, 4) is 11.3 Å². The molecule has 0 atom stereocenters. The van der Waals surface area contributed by atoms with Crippen molar-refractivity contribution in [1.29, 1.82) is 0 Å². The average molecular weight is 456 g/mol. The second-order valence-electron chi connectivity index (χ2n) is 6.20. The summed E-state index contributed by atoms with van der Waals surface area (Å²) in [4.78, 5) is 22.6. The van der Waals surface area contributed by atoms with Gasteiger partial charge in [0.1, 0.15) is 5.76 Å². The maximum absolute atomic E-state index is 12.9. The van der Waals surface area contributed by atoms with Crippen LogP contribution in [0.2, 0.25) is 5.28 Å². The van der Waals surface area contributed by atoms with E-state index >= 15 is 0 Å². The first-order chi connectivity index (χ1) is 14.9. The van der Waals surface area contributed by atoms with Crippen LogP contribution in [0, 0.1) is 0 Å². The average Bonchev–Trinajstić information content (AvgIpc) is 3.23. The number of halogens is 1. The van der Waals surface area contributed by atoms with Gasteiger partial charge in [0, 0.05) is 11.3 Å². The van der Waals surface area contributed by atoms with E-state index in [4.69, 9.17) is 16.0 Å². The Hall–Kier alpha value is -3.76. The number of carbonyl (C=O) groups excluding carboxylic acids is 1. The molecule has 2 aromatic carbocycles. The highest BCUT2D eigenvalue weighted by Crippen LogP contribution is 2.25. The van der Waals surface area contributed by atoms with Gasteiger partial charge < -0.3 is 9.73 Å². The maximum Gasteiger partial charge on any atom is 0.264 e. The Bertz CT molecular complexity index is 1340. The van der Waals surface area contributed by atoms with Crippen molar-refractivity contribution >= 4 is 45.5 Å². The van der Waals surface area contributed by atoms with Gasteiger partial charge >= 0.3 is 0 Å². The standard InChI is InChI=1S/C20H14ClN5O4S/c21-18-23-19(22-14-6-2-1-3-7-14)25-20(24-18)26-31(28,29)16-8-4-5-13(11-16)17-10-9-15(12-27)30-17/h1-12H,(H2,22,23,24,25,26). The van der Waals surface area contributed by atoms with Crippen molar-refractivity contribution in [3.05, 3.63) is 77.8 Å². The zero-order valence-electron chi connectivity index (χ0n) is 15.7. The number of benzene rings is 2. The number of aromatic nitrogens is 3. The summed E-state index contributed by atoms with van der Waals surface area (Å²) in [5, 5.41) is 2.74. The number of nitrogens with zero attached hydrogens (tertiary/aromatic N) is 3. The van der Waals surface area contributed by atoms with Crippen molar-refractivity contribution in [2.75, 3.05) is 10.0 Å². The Morgan fingerprint density at radius 2 is 1.68 bits per heavy atom. The minimum atomic E-state index is -4.05. The highest BCUT2D eigenvalue weighted by Gasteiger charge is 2.18. The summed E-state index contributed by atoms with van der Waals surface area (Å²) in [6.45, 7) is 0. The predicted octanol–water partition coefficient (Wildman–Crippen LogP) is 4.14. The molecular formula is C20H14ClN5O4S. The molecule has 0 saturated heterocycles. The molecule has 4 rings (SSSR count). The Kier molecular flexibility index (Phi) is 5.65. The molecule has 0 amide bonds. The van der Waals surface area contributed by atoms with E-state index in [2.05, 4.69) is 25.0 Å². The molecule has 9 nitrogen and oxygen atoms in total. The summed E-state index contributed by atoms with van der Waals surface area (Å²) >= 11 is 5.93. The second-order valence-corrected chi connectivity index (χ2v) is 8.22. The molecule has 156 valence electrons. The van der Waals surface area contributed by atoms with Crippen LogP contribution in [-0.2, 0) is 10.0 Å². The number of nitrogens with one attached hydrogen (secondary N) is 2. The van der Waals surface area contributed by atoms with E-state index < -0.39 is 10.0 Å². The van der Waals surface area contributed by atoms with Gasteiger partial charge in [0.2, 0.25) is 17.2 Å². The van der Waals surface area contributed by atoms with Crippen molar-refractivity contribution in [3.63, 3.8) is 0 Å². The SMILES string of the molecule is O=Cc1ccc(-c2cccc(S(=O)(=O)Nc3nc(Cl)nc(Nc4ccccc4)n3)c2)o1. The predicted molar refractivity (Wildman–Crippen MR) is 115 cm³/mol. The maximum atomic E-state index is 12.9. The third kappa shape index (κ3) is 4.87. The Morgan fingerprint density at radius 1 is 0.903 bits per heavy atom.